The molecule has 1 nitrogen and oxygen atoms in total. The minimum absolute atomic E-state index is 0.209. The first-order chi connectivity index (χ1) is 9.59. The maximum atomic E-state index is 13.4. The van der Waals surface area contributed by atoms with Crippen molar-refractivity contribution in [3.05, 3.63) is 70.2 Å². The third-order valence-corrected chi connectivity index (χ3v) is 4.27. The Morgan fingerprint density at radius 2 is 1.80 bits per heavy atom. The van der Waals surface area contributed by atoms with Gasteiger partial charge < -0.3 is 5.32 Å². The van der Waals surface area contributed by atoms with Crippen LogP contribution in [0.25, 0.3) is 0 Å². The van der Waals surface area contributed by atoms with Crippen molar-refractivity contribution < 1.29 is 8.78 Å². The smallest absolute Gasteiger partial charge is 0.123 e. The van der Waals surface area contributed by atoms with Crippen molar-refractivity contribution in [2.75, 3.05) is 13.1 Å². The SMILES string of the molecule is Fc1cccc(C2(Cc3cc(F)ccc3Cl)CNC2)c1. The number of hydrogen-bond donors (Lipinski definition) is 1. The lowest BCUT2D eigenvalue weighted by atomic mass is 9.71. The molecule has 0 bridgehead atoms. The summed E-state index contributed by atoms with van der Waals surface area (Å²) in [4.78, 5) is 0. The van der Waals surface area contributed by atoms with Crippen molar-refractivity contribution in [2.45, 2.75) is 11.8 Å². The van der Waals surface area contributed by atoms with Crippen molar-refractivity contribution in [3.63, 3.8) is 0 Å². The predicted octanol–water partition coefficient (Wildman–Crippen LogP) is 3.70. The van der Waals surface area contributed by atoms with Crippen LogP contribution >= 0.6 is 11.6 Å². The molecule has 0 saturated carbocycles. The molecule has 0 unspecified atom stereocenters. The van der Waals surface area contributed by atoms with E-state index < -0.39 is 0 Å². The molecule has 0 radical (unpaired) electrons. The van der Waals surface area contributed by atoms with Crippen molar-refractivity contribution in [3.8, 4) is 0 Å². The fourth-order valence-corrected chi connectivity index (χ4v) is 2.90. The molecule has 2 aromatic rings. The number of nitrogens with one attached hydrogen (secondary N) is 1. The van der Waals surface area contributed by atoms with Gasteiger partial charge in [-0.2, -0.15) is 0 Å². The summed E-state index contributed by atoms with van der Waals surface area (Å²) in [7, 11) is 0. The quantitative estimate of drug-likeness (QED) is 0.910. The van der Waals surface area contributed by atoms with Gasteiger partial charge in [0.1, 0.15) is 11.6 Å². The molecule has 1 saturated heterocycles. The Balaban J connectivity index is 1.96. The maximum Gasteiger partial charge on any atom is 0.123 e. The van der Waals surface area contributed by atoms with E-state index in [1.807, 2.05) is 6.07 Å². The fraction of sp³-hybridized carbons (Fsp3) is 0.250. The molecule has 20 heavy (non-hydrogen) atoms. The van der Waals surface area contributed by atoms with E-state index in [-0.39, 0.29) is 17.0 Å². The van der Waals surface area contributed by atoms with Gasteiger partial charge in [0.15, 0.2) is 0 Å². The van der Waals surface area contributed by atoms with Gasteiger partial charge in [0, 0.05) is 23.5 Å². The van der Waals surface area contributed by atoms with Crippen LogP contribution in [0.15, 0.2) is 42.5 Å². The zero-order valence-electron chi connectivity index (χ0n) is 10.8. The largest absolute Gasteiger partial charge is 0.315 e. The first-order valence-corrected chi connectivity index (χ1v) is 6.88. The van der Waals surface area contributed by atoms with E-state index in [9.17, 15) is 8.78 Å². The average molecular weight is 294 g/mol. The second kappa shape index (κ2) is 5.15. The molecule has 3 rings (SSSR count). The Morgan fingerprint density at radius 3 is 2.45 bits per heavy atom. The van der Waals surface area contributed by atoms with Crippen LogP contribution in [0, 0.1) is 11.6 Å². The van der Waals surface area contributed by atoms with Gasteiger partial charge >= 0.3 is 0 Å². The molecule has 0 amide bonds. The highest BCUT2D eigenvalue weighted by Crippen LogP contribution is 2.35. The van der Waals surface area contributed by atoms with E-state index in [1.165, 1.54) is 18.2 Å². The van der Waals surface area contributed by atoms with E-state index in [2.05, 4.69) is 5.32 Å². The summed E-state index contributed by atoms with van der Waals surface area (Å²) in [5, 5.41) is 3.77. The van der Waals surface area contributed by atoms with Crippen LogP contribution in [0.2, 0.25) is 5.02 Å². The summed E-state index contributed by atoms with van der Waals surface area (Å²) in [5.74, 6) is -0.551. The van der Waals surface area contributed by atoms with Crippen LogP contribution in [-0.2, 0) is 11.8 Å². The Hall–Kier alpha value is -1.45. The Kier molecular flexibility index (Phi) is 3.48. The highest BCUT2D eigenvalue weighted by molar-refractivity contribution is 6.31. The fourth-order valence-electron chi connectivity index (χ4n) is 2.72. The number of rotatable bonds is 3. The molecule has 0 spiro atoms. The second-order valence-corrected chi connectivity index (χ2v) is 5.71. The Bertz CT molecular complexity index is 638. The van der Waals surface area contributed by atoms with Crippen molar-refractivity contribution in [2.24, 2.45) is 0 Å². The molecule has 2 aromatic carbocycles. The zero-order chi connectivity index (χ0) is 14.2. The molecule has 4 heteroatoms. The van der Waals surface area contributed by atoms with Gasteiger partial charge in [0.05, 0.1) is 0 Å². The van der Waals surface area contributed by atoms with E-state index in [0.29, 0.717) is 11.4 Å². The van der Waals surface area contributed by atoms with Crippen LogP contribution in [0.1, 0.15) is 11.1 Å². The van der Waals surface area contributed by atoms with Crippen LogP contribution in [0.3, 0.4) is 0 Å². The predicted molar refractivity (Wildman–Crippen MR) is 76.1 cm³/mol. The van der Waals surface area contributed by atoms with Gasteiger partial charge in [0.2, 0.25) is 0 Å². The van der Waals surface area contributed by atoms with Crippen LogP contribution in [0.5, 0.6) is 0 Å². The summed E-state index contributed by atoms with van der Waals surface area (Å²) < 4.78 is 26.8. The van der Waals surface area contributed by atoms with Crippen molar-refractivity contribution >= 4 is 11.6 Å². The molecule has 1 aliphatic heterocycles. The monoisotopic (exact) mass is 293 g/mol. The third-order valence-electron chi connectivity index (χ3n) is 3.90. The summed E-state index contributed by atoms with van der Waals surface area (Å²) >= 11 is 6.14. The van der Waals surface area contributed by atoms with E-state index in [0.717, 1.165) is 24.2 Å². The normalized spacial score (nSPS) is 16.8. The minimum atomic E-state index is -0.300. The molecule has 0 atom stereocenters. The first kappa shape index (κ1) is 13.5. The summed E-state index contributed by atoms with van der Waals surface area (Å²) in [6.45, 7) is 1.48. The van der Waals surface area contributed by atoms with Crippen LogP contribution in [-0.4, -0.2) is 13.1 Å². The molecule has 104 valence electrons. The molecule has 1 N–H and O–H groups in total. The number of hydrogen-bond acceptors (Lipinski definition) is 1. The molecule has 1 aliphatic rings. The minimum Gasteiger partial charge on any atom is -0.315 e. The zero-order valence-corrected chi connectivity index (χ0v) is 11.6. The Morgan fingerprint density at radius 1 is 1.05 bits per heavy atom. The summed E-state index contributed by atoms with van der Waals surface area (Å²) in [5.41, 5.74) is 1.48. The Labute approximate surface area is 121 Å². The van der Waals surface area contributed by atoms with E-state index in [4.69, 9.17) is 11.6 Å². The van der Waals surface area contributed by atoms with Crippen LogP contribution in [0.4, 0.5) is 8.78 Å². The van der Waals surface area contributed by atoms with E-state index in [1.54, 1.807) is 18.2 Å². The molecular weight excluding hydrogens is 280 g/mol. The topological polar surface area (TPSA) is 12.0 Å². The lowest BCUT2D eigenvalue weighted by molar-refractivity contribution is 0.273. The van der Waals surface area contributed by atoms with Gasteiger partial charge in [-0.3, -0.25) is 0 Å². The maximum absolute atomic E-state index is 13.4. The van der Waals surface area contributed by atoms with Gasteiger partial charge in [-0.15, -0.1) is 0 Å². The highest BCUT2D eigenvalue weighted by atomic mass is 35.5. The highest BCUT2D eigenvalue weighted by Gasteiger charge is 2.39. The summed E-state index contributed by atoms with van der Waals surface area (Å²) in [6.07, 6.45) is 0.597. The number of halogens is 3. The lowest BCUT2D eigenvalue weighted by Crippen LogP contribution is -2.58. The molecule has 1 fully saturated rings. The summed E-state index contributed by atoms with van der Waals surface area (Å²) in [6, 6.07) is 11.0. The van der Waals surface area contributed by atoms with Crippen LogP contribution < -0.4 is 5.32 Å². The van der Waals surface area contributed by atoms with Crippen molar-refractivity contribution in [1.82, 2.24) is 5.32 Å². The van der Waals surface area contributed by atoms with Gasteiger partial charge in [-0.25, -0.2) is 8.78 Å². The molecule has 0 aromatic heterocycles. The third kappa shape index (κ3) is 2.43. The molecule has 1 heterocycles. The first-order valence-electron chi connectivity index (χ1n) is 6.50. The average Bonchev–Trinajstić information content (AvgIpc) is 2.38. The van der Waals surface area contributed by atoms with Crippen molar-refractivity contribution in [1.29, 1.82) is 0 Å². The van der Waals surface area contributed by atoms with Gasteiger partial charge in [-0.05, 0) is 47.9 Å². The standard InChI is InChI=1S/C16H14ClF2N/c17-15-5-4-14(19)6-11(15)8-16(9-20-10-16)12-2-1-3-13(18)7-12/h1-7,20H,8-10H2. The van der Waals surface area contributed by atoms with Gasteiger partial charge in [-0.1, -0.05) is 23.7 Å². The second-order valence-electron chi connectivity index (χ2n) is 5.31. The lowest BCUT2D eigenvalue weighted by Gasteiger charge is -2.43. The molecular formula is C16H14ClF2N. The molecule has 0 aliphatic carbocycles. The van der Waals surface area contributed by atoms with E-state index >= 15 is 0 Å². The van der Waals surface area contributed by atoms with Gasteiger partial charge in [0.25, 0.3) is 0 Å². The number of benzene rings is 2.